The van der Waals surface area contributed by atoms with Gasteiger partial charge in [0.15, 0.2) is 0 Å². The summed E-state index contributed by atoms with van der Waals surface area (Å²) >= 11 is 0. The molecule has 2 amide bonds. The predicted octanol–water partition coefficient (Wildman–Crippen LogP) is 3.08. The van der Waals surface area contributed by atoms with Crippen LogP contribution in [-0.2, 0) is 4.79 Å². The molecule has 1 aliphatic carbocycles. The summed E-state index contributed by atoms with van der Waals surface area (Å²) in [5.41, 5.74) is 4.91. The number of amides is 2. The molecule has 30 heavy (non-hydrogen) atoms. The molecule has 2 aliphatic rings. The van der Waals surface area contributed by atoms with E-state index in [-0.39, 0.29) is 11.8 Å². The number of nitrogens with zero attached hydrogens (tertiary/aromatic N) is 2. The van der Waals surface area contributed by atoms with Crippen molar-refractivity contribution in [1.29, 1.82) is 0 Å². The van der Waals surface area contributed by atoms with E-state index in [1.807, 2.05) is 41.3 Å². The molecule has 0 aromatic heterocycles. The number of aryl methyl sites for hydroxylation is 1. The Balaban J connectivity index is 1.39. The van der Waals surface area contributed by atoms with Gasteiger partial charge in [-0.3, -0.25) is 14.5 Å². The van der Waals surface area contributed by atoms with Crippen LogP contribution in [0.2, 0.25) is 0 Å². The SMILES string of the molecule is Cc1cccc(Nc2ccccc2C(=O)N2CCN(CC(=O)NC3CC3)CC2)c1C. The Kier molecular flexibility index (Phi) is 6.04. The first-order valence-electron chi connectivity index (χ1n) is 10.7. The first-order valence-corrected chi connectivity index (χ1v) is 10.7. The van der Waals surface area contributed by atoms with Crippen molar-refractivity contribution in [2.45, 2.75) is 32.7 Å². The maximum absolute atomic E-state index is 13.2. The lowest BCUT2D eigenvalue weighted by molar-refractivity contribution is -0.122. The Morgan fingerprint density at radius 3 is 2.37 bits per heavy atom. The first-order chi connectivity index (χ1) is 14.5. The smallest absolute Gasteiger partial charge is 0.256 e. The monoisotopic (exact) mass is 406 g/mol. The lowest BCUT2D eigenvalue weighted by Gasteiger charge is -2.34. The van der Waals surface area contributed by atoms with Crippen LogP contribution < -0.4 is 10.6 Å². The van der Waals surface area contributed by atoms with Crippen molar-refractivity contribution in [2.75, 3.05) is 38.0 Å². The van der Waals surface area contributed by atoms with E-state index in [1.54, 1.807) is 0 Å². The molecule has 158 valence electrons. The number of carbonyl (C=O) groups excluding carboxylic acids is 2. The Labute approximate surface area is 178 Å². The summed E-state index contributed by atoms with van der Waals surface area (Å²) in [6.45, 7) is 7.29. The fraction of sp³-hybridized carbons (Fsp3) is 0.417. The zero-order valence-corrected chi connectivity index (χ0v) is 17.8. The van der Waals surface area contributed by atoms with E-state index in [1.165, 1.54) is 11.1 Å². The number of para-hydroxylation sites is 1. The molecule has 2 aromatic rings. The first kappa shape index (κ1) is 20.4. The molecule has 0 atom stereocenters. The van der Waals surface area contributed by atoms with Crippen LogP contribution in [0.25, 0.3) is 0 Å². The normalized spacial score (nSPS) is 16.9. The van der Waals surface area contributed by atoms with Crippen LogP contribution in [-0.4, -0.2) is 60.4 Å². The molecule has 1 aliphatic heterocycles. The molecule has 0 radical (unpaired) electrons. The van der Waals surface area contributed by atoms with Gasteiger partial charge in [0, 0.05) is 37.9 Å². The third-order valence-electron chi connectivity index (χ3n) is 6.00. The number of hydrogen-bond acceptors (Lipinski definition) is 4. The highest BCUT2D eigenvalue weighted by atomic mass is 16.2. The van der Waals surface area contributed by atoms with Crippen LogP contribution in [0, 0.1) is 13.8 Å². The van der Waals surface area contributed by atoms with Gasteiger partial charge < -0.3 is 15.5 Å². The molecule has 1 saturated heterocycles. The average Bonchev–Trinajstić information content (AvgIpc) is 3.56. The van der Waals surface area contributed by atoms with Crippen molar-refractivity contribution in [3.63, 3.8) is 0 Å². The van der Waals surface area contributed by atoms with E-state index in [9.17, 15) is 9.59 Å². The number of hydrogen-bond donors (Lipinski definition) is 2. The minimum absolute atomic E-state index is 0.0329. The molecule has 0 spiro atoms. The third-order valence-corrected chi connectivity index (χ3v) is 6.00. The second-order valence-corrected chi connectivity index (χ2v) is 8.33. The Morgan fingerprint density at radius 2 is 1.63 bits per heavy atom. The number of piperazine rings is 1. The second kappa shape index (κ2) is 8.88. The van der Waals surface area contributed by atoms with Gasteiger partial charge in [-0.2, -0.15) is 0 Å². The van der Waals surface area contributed by atoms with Gasteiger partial charge in [0.05, 0.1) is 17.8 Å². The molecule has 1 heterocycles. The van der Waals surface area contributed by atoms with Crippen LogP contribution in [0.15, 0.2) is 42.5 Å². The topological polar surface area (TPSA) is 64.7 Å². The summed E-state index contributed by atoms with van der Waals surface area (Å²) in [5, 5.41) is 6.48. The molecule has 0 bridgehead atoms. The van der Waals surface area contributed by atoms with Gasteiger partial charge in [0.1, 0.15) is 0 Å². The standard InChI is InChI=1S/C24H30N4O2/c1-17-6-5-9-21(18(17)2)26-22-8-4-3-7-20(22)24(30)28-14-12-27(13-15-28)16-23(29)25-19-10-11-19/h3-9,19,26H,10-16H2,1-2H3,(H,25,29). The minimum atomic E-state index is 0.0329. The molecule has 6 nitrogen and oxygen atoms in total. The summed E-state index contributed by atoms with van der Waals surface area (Å²) in [5.74, 6) is 0.130. The number of nitrogens with one attached hydrogen (secondary N) is 2. The second-order valence-electron chi connectivity index (χ2n) is 8.33. The van der Waals surface area contributed by atoms with Crippen LogP contribution in [0.1, 0.15) is 34.3 Å². The molecule has 2 fully saturated rings. The predicted molar refractivity (Wildman–Crippen MR) is 119 cm³/mol. The van der Waals surface area contributed by atoms with Crippen LogP contribution >= 0.6 is 0 Å². The highest BCUT2D eigenvalue weighted by Crippen LogP contribution is 2.26. The third kappa shape index (κ3) is 4.82. The molecular weight excluding hydrogens is 376 g/mol. The molecule has 2 aromatic carbocycles. The Hall–Kier alpha value is -2.86. The number of rotatable bonds is 6. The van der Waals surface area contributed by atoms with Crippen molar-refractivity contribution >= 4 is 23.2 Å². The van der Waals surface area contributed by atoms with E-state index in [0.717, 1.165) is 37.3 Å². The molecule has 0 unspecified atom stereocenters. The van der Waals surface area contributed by atoms with Crippen molar-refractivity contribution in [3.8, 4) is 0 Å². The maximum Gasteiger partial charge on any atom is 0.256 e. The van der Waals surface area contributed by atoms with Crippen LogP contribution in [0.4, 0.5) is 11.4 Å². The van der Waals surface area contributed by atoms with Gasteiger partial charge in [-0.25, -0.2) is 0 Å². The highest BCUT2D eigenvalue weighted by molar-refractivity contribution is 6.00. The summed E-state index contributed by atoms with van der Waals surface area (Å²) in [4.78, 5) is 29.3. The molecule has 6 heteroatoms. The van der Waals surface area contributed by atoms with Crippen molar-refractivity contribution in [3.05, 3.63) is 59.2 Å². The van der Waals surface area contributed by atoms with Gasteiger partial charge in [0.2, 0.25) is 5.91 Å². The van der Waals surface area contributed by atoms with Crippen LogP contribution in [0.5, 0.6) is 0 Å². The highest BCUT2D eigenvalue weighted by Gasteiger charge is 2.27. The largest absolute Gasteiger partial charge is 0.355 e. The van der Waals surface area contributed by atoms with Gasteiger partial charge in [-0.15, -0.1) is 0 Å². The Morgan fingerprint density at radius 1 is 0.933 bits per heavy atom. The number of carbonyl (C=O) groups is 2. The minimum Gasteiger partial charge on any atom is -0.355 e. The van der Waals surface area contributed by atoms with Crippen molar-refractivity contribution < 1.29 is 9.59 Å². The molecular formula is C24H30N4O2. The van der Waals surface area contributed by atoms with E-state index in [0.29, 0.717) is 31.2 Å². The van der Waals surface area contributed by atoms with Gasteiger partial charge >= 0.3 is 0 Å². The van der Waals surface area contributed by atoms with E-state index in [4.69, 9.17) is 0 Å². The molecule has 1 saturated carbocycles. The number of benzene rings is 2. The lowest BCUT2D eigenvalue weighted by Crippen LogP contribution is -2.51. The summed E-state index contributed by atoms with van der Waals surface area (Å²) in [6, 6.07) is 14.2. The summed E-state index contributed by atoms with van der Waals surface area (Å²) < 4.78 is 0. The van der Waals surface area contributed by atoms with Crippen molar-refractivity contribution in [2.24, 2.45) is 0 Å². The fourth-order valence-electron chi connectivity index (χ4n) is 3.79. The van der Waals surface area contributed by atoms with Gasteiger partial charge in [0.25, 0.3) is 5.91 Å². The fourth-order valence-corrected chi connectivity index (χ4v) is 3.79. The average molecular weight is 407 g/mol. The summed E-state index contributed by atoms with van der Waals surface area (Å²) in [6.07, 6.45) is 2.20. The Bertz CT molecular complexity index is 931. The van der Waals surface area contributed by atoms with E-state index in [2.05, 4.69) is 35.4 Å². The molecule has 4 rings (SSSR count). The summed E-state index contributed by atoms with van der Waals surface area (Å²) in [7, 11) is 0. The van der Waals surface area contributed by atoms with Crippen molar-refractivity contribution in [1.82, 2.24) is 15.1 Å². The zero-order valence-electron chi connectivity index (χ0n) is 17.8. The van der Waals surface area contributed by atoms with E-state index >= 15 is 0 Å². The van der Waals surface area contributed by atoms with Crippen LogP contribution in [0.3, 0.4) is 0 Å². The van der Waals surface area contributed by atoms with E-state index < -0.39 is 0 Å². The lowest BCUT2D eigenvalue weighted by atomic mass is 10.1. The number of anilines is 2. The van der Waals surface area contributed by atoms with Gasteiger partial charge in [-0.05, 0) is 56.0 Å². The van der Waals surface area contributed by atoms with Gasteiger partial charge in [-0.1, -0.05) is 24.3 Å². The molecule has 2 N–H and O–H groups in total. The quantitative estimate of drug-likeness (QED) is 0.774. The maximum atomic E-state index is 13.2. The zero-order chi connectivity index (χ0) is 21.1.